The predicted molar refractivity (Wildman–Crippen MR) is 69.6 cm³/mol. The maximum atomic E-state index is 5.45. The summed E-state index contributed by atoms with van der Waals surface area (Å²) in [5.41, 5.74) is 0. The molecule has 0 rings (SSSR count). The highest BCUT2D eigenvalue weighted by Crippen LogP contribution is 1.82. The highest BCUT2D eigenvalue weighted by molar-refractivity contribution is 4.47. The molecule has 0 aliphatic rings. The zero-order valence-corrected chi connectivity index (χ0v) is 11.5. The van der Waals surface area contributed by atoms with Crippen molar-refractivity contribution in [3.05, 3.63) is 0 Å². The fourth-order valence-corrected chi connectivity index (χ4v) is 1.16. The smallest absolute Gasteiger partial charge is 0.0700 e. The van der Waals surface area contributed by atoms with Crippen molar-refractivity contribution in [2.24, 2.45) is 0 Å². The van der Waals surface area contributed by atoms with E-state index < -0.39 is 0 Å². The molecule has 0 aromatic carbocycles. The summed E-state index contributed by atoms with van der Waals surface area (Å²) in [7, 11) is 5.78. The molecule has 0 fully saturated rings. The van der Waals surface area contributed by atoms with Gasteiger partial charge in [-0.05, 0) is 27.1 Å². The highest BCUT2D eigenvalue weighted by atomic mass is 16.5. The molecule has 0 aromatic heterocycles. The number of ether oxygens (including phenoxy) is 3. The van der Waals surface area contributed by atoms with Crippen LogP contribution < -0.4 is 5.32 Å². The number of hydrogen-bond acceptors (Lipinski definition) is 5. The van der Waals surface area contributed by atoms with Crippen LogP contribution in [0.2, 0.25) is 0 Å². The van der Waals surface area contributed by atoms with E-state index >= 15 is 0 Å². The van der Waals surface area contributed by atoms with Gasteiger partial charge in [0.15, 0.2) is 0 Å². The minimum Gasteiger partial charge on any atom is -0.382 e. The number of nitrogens with one attached hydrogen (secondary N) is 1. The standard InChI is InChI=1S/C12H28N2O3/c1-14(2)7-10-17-9-6-13-5-4-8-16-12-11-15-3/h13H,4-12H2,1-3H3. The molecule has 5 nitrogen and oxygen atoms in total. The van der Waals surface area contributed by atoms with Gasteiger partial charge in [-0.15, -0.1) is 0 Å². The molecule has 0 amide bonds. The predicted octanol–water partition coefficient (Wildman–Crippen LogP) is 0.207. The number of rotatable bonds is 13. The fourth-order valence-electron chi connectivity index (χ4n) is 1.16. The molecule has 0 atom stereocenters. The molecule has 0 saturated carbocycles. The maximum Gasteiger partial charge on any atom is 0.0700 e. The van der Waals surface area contributed by atoms with Gasteiger partial charge < -0.3 is 24.4 Å². The van der Waals surface area contributed by atoms with Crippen LogP contribution in [0.1, 0.15) is 6.42 Å². The van der Waals surface area contributed by atoms with Crippen LogP contribution in [0.4, 0.5) is 0 Å². The van der Waals surface area contributed by atoms with Gasteiger partial charge in [-0.2, -0.15) is 0 Å². The van der Waals surface area contributed by atoms with Crippen molar-refractivity contribution in [2.45, 2.75) is 6.42 Å². The quantitative estimate of drug-likeness (QED) is 0.472. The maximum absolute atomic E-state index is 5.45. The Balaban J connectivity index is 2.89. The molecular weight excluding hydrogens is 220 g/mol. The van der Waals surface area contributed by atoms with E-state index in [1.54, 1.807) is 7.11 Å². The van der Waals surface area contributed by atoms with Crippen LogP contribution in [0.5, 0.6) is 0 Å². The Kier molecular flexibility index (Phi) is 13.7. The van der Waals surface area contributed by atoms with E-state index in [9.17, 15) is 0 Å². The molecular formula is C12H28N2O3. The topological polar surface area (TPSA) is 43.0 Å². The first-order valence-corrected chi connectivity index (χ1v) is 6.27. The zero-order chi connectivity index (χ0) is 12.8. The molecule has 1 N–H and O–H groups in total. The first-order chi connectivity index (χ1) is 8.27. The zero-order valence-electron chi connectivity index (χ0n) is 11.5. The number of likely N-dealkylation sites (N-methyl/N-ethyl adjacent to an activating group) is 1. The lowest BCUT2D eigenvalue weighted by atomic mass is 10.4. The van der Waals surface area contributed by atoms with Crippen LogP contribution in [0.3, 0.4) is 0 Å². The van der Waals surface area contributed by atoms with Crippen LogP contribution in [0, 0.1) is 0 Å². The normalized spacial score (nSPS) is 11.3. The van der Waals surface area contributed by atoms with Gasteiger partial charge in [0.05, 0.1) is 26.4 Å². The average molecular weight is 248 g/mol. The molecule has 5 heteroatoms. The second-order valence-corrected chi connectivity index (χ2v) is 4.12. The second-order valence-electron chi connectivity index (χ2n) is 4.12. The Labute approximate surface area is 105 Å². The lowest BCUT2D eigenvalue weighted by molar-refractivity contribution is 0.0690. The summed E-state index contributed by atoms with van der Waals surface area (Å²) in [4.78, 5) is 2.12. The van der Waals surface area contributed by atoms with Gasteiger partial charge in [0.2, 0.25) is 0 Å². The van der Waals surface area contributed by atoms with Crippen molar-refractivity contribution in [2.75, 3.05) is 73.9 Å². The SMILES string of the molecule is COCCOCCCNCCOCCN(C)C. The van der Waals surface area contributed by atoms with E-state index in [4.69, 9.17) is 14.2 Å². The molecule has 0 spiro atoms. The van der Waals surface area contributed by atoms with Gasteiger partial charge in [0, 0.05) is 26.8 Å². The Morgan fingerprint density at radius 1 is 0.882 bits per heavy atom. The fraction of sp³-hybridized carbons (Fsp3) is 1.00. The third kappa shape index (κ3) is 15.8. The summed E-state index contributed by atoms with van der Waals surface area (Å²) in [5.74, 6) is 0. The van der Waals surface area contributed by atoms with Crippen LogP contribution >= 0.6 is 0 Å². The van der Waals surface area contributed by atoms with Crippen molar-refractivity contribution < 1.29 is 14.2 Å². The Morgan fingerprint density at radius 2 is 1.65 bits per heavy atom. The van der Waals surface area contributed by atoms with Gasteiger partial charge in [-0.25, -0.2) is 0 Å². The molecule has 0 aliphatic carbocycles. The van der Waals surface area contributed by atoms with Crippen LogP contribution in [0.15, 0.2) is 0 Å². The average Bonchev–Trinajstić information content (AvgIpc) is 2.30. The van der Waals surface area contributed by atoms with Gasteiger partial charge in [0.25, 0.3) is 0 Å². The molecule has 0 bridgehead atoms. The molecule has 0 saturated heterocycles. The first kappa shape index (κ1) is 16.8. The number of nitrogens with zero attached hydrogens (tertiary/aromatic N) is 1. The lowest BCUT2D eigenvalue weighted by Crippen LogP contribution is -2.24. The molecule has 0 radical (unpaired) electrons. The molecule has 0 aromatic rings. The summed E-state index contributed by atoms with van der Waals surface area (Å²) in [6.45, 7) is 6.59. The minimum atomic E-state index is 0.674. The van der Waals surface area contributed by atoms with E-state index in [1.165, 1.54) is 0 Å². The minimum absolute atomic E-state index is 0.674. The Hall–Kier alpha value is -0.200. The van der Waals surface area contributed by atoms with Crippen LogP contribution in [-0.2, 0) is 14.2 Å². The Morgan fingerprint density at radius 3 is 2.35 bits per heavy atom. The summed E-state index contributed by atoms with van der Waals surface area (Å²) >= 11 is 0. The first-order valence-electron chi connectivity index (χ1n) is 6.27. The molecule has 0 heterocycles. The monoisotopic (exact) mass is 248 g/mol. The van der Waals surface area contributed by atoms with Gasteiger partial charge in [-0.1, -0.05) is 0 Å². The van der Waals surface area contributed by atoms with E-state index in [2.05, 4.69) is 10.2 Å². The molecule has 0 unspecified atom stereocenters. The lowest BCUT2D eigenvalue weighted by Gasteiger charge is -2.10. The third-order valence-electron chi connectivity index (χ3n) is 2.18. The van der Waals surface area contributed by atoms with Crippen molar-refractivity contribution in [3.8, 4) is 0 Å². The summed E-state index contributed by atoms with van der Waals surface area (Å²) < 4.78 is 15.7. The van der Waals surface area contributed by atoms with Gasteiger partial charge in [-0.3, -0.25) is 0 Å². The molecule has 17 heavy (non-hydrogen) atoms. The van der Waals surface area contributed by atoms with E-state index in [0.717, 1.165) is 45.9 Å². The van der Waals surface area contributed by atoms with Crippen LogP contribution in [0.25, 0.3) is 0 Å². The van der Waals surface area contributed by atoms with E-state index in [0.29, 0.717) is 13.2 Å². The summed E-state index contributed by atoms with van der Waals surface area (Å²) in [5, 5.41) is 3.31. The summed E-state index contributed by atoms with van der Waals surface area (Å²) in [6.07, 6.45) is 1.03. The van der Waals surface area contributed by atoms with Crippen molar-refractivity contribution in [1.29, 1.82) is 0 Å². The Bertz CT molecular complexity index is 146. The van der Waals surface area contributed by atoms with Crippen LogP contribution in [-0.4, -0.2) is 78.8 Å². The number of methoxy groups -OCH3 is 1. The van der Waals surface area contributed by atoms with Crippen molar-refractivity contribution in [1.82, 2.24) is 10.2 Å². The second kappa shape index (κ2) is 13.9. The molecule has 104 valence electrons. The molecule has 0 aliphatic heterocycles. The summed E-state index contributed by atoms with van der Waals surface area (Å²) in [6, 6.07) is 0. The highest BCUT2D eigenvalue weighted by Gasteiger charge is 1.92. The van der Waals surface area contributed by atoms with Crippen molar-refractivity contribution in [3.63, 3.8) is 0 Å². The number of hydrogen-bond donors (Lipinski definition) is 1. The van der Waals surface area contributed by atoms with E-state index in [1.807, 2.05) is 14.1 Å². The third-order valence-corrected chi connectivity index (χ3v) is 2.18. The van der Waals surface area contributed by atoms with Crippen molar-refractivity contribution >= 4 is 0 Å². The van der Waals surface area contributed by atoms with Gasteiger partial charge >= 0.3 is 0 Å². The van der Waals surface area contributed by atoms with Gasteiger partial charge in [0.1, 0.15) is 0 Å². The van der Waals surface area contributed by atoms with E-state index in [-0.39, 0.29) is 0 Å². The largest absolute Gasteiger partial charge is 0.382 e.